The van der Waals surface area contributed by atoms with Gasteiger partial charge in [-0.15, -0.1) is 0 Å². The van der Waals surface area contributed by atoms with E-state index in [-0.39, 0.29) is 0 Å². The Morgan fingerprint density at radius 2 is 1.64 bits per heavy atom. The van der Waals surface area contributed by atoms with Gasteiger partial charge in [0.25, 0.3) is 0 Å². The Hall–Kier alpha value is -2.10. The van der Waals surface area contributed by atoms with Gasteiger partial charge in [0.05, 0.1) is 0 Å². The van der Waals surface area contributed by atoms with Gasteiger partial charge in [-0.3, -0.25) is 0 Å². The Labute approximate surface area is 132 Å². The summed E-state index contributed by atoms with van der Waals surface area (Å²) in [6.07, 6.45) is 7.01. The largest absolute Gasteiger partial charge is 0.356 e. The second-order valence-electron chi connectivity index (χ2n) is 6.14. The van der Waals surface area contributed by atoms with Gasteiger partial charge < -0.3 is 10.2 Å². The van der Waals surface area contributed by atoms with Crippen LogP contribution in [0.3, 0.4) is 0 Å². The molecule has 1 saturated heterocycles. The Balaban J connectivity index is 1.78. The molecule has 4 nitrogen and oxygen atoms in total. The van der Waals surface area contributed by atoms with E-state index in [9.17, 15) is 0 Å². The van der Waals surface area contributed by atoms with E-state index in [1.165, 1.54) is 36.8 Å². The van der Waals surface area contributed by atoms with E-state index < -0.39 is 0 Å². The summed E-state index contributed by atoms with van der Waals surface area (Å²) < 4.78 is 0. The van der Waals surface area contributed by atoms with Crippen molar-refractivity contribution in [3.63, 3.8) is 0 Å². The molecule has 1 fully saturated rings. The molecule has 1 N–H and O–H groups in total. The lowest BCUT2D eigenvalue weighted by molar-refractivity contribution is 0.726. The van der Waals surface area contributed by atoms with Crippen LogP contribution in [0.15, 0.2) is 30.5 Å². The third-order valence-electron chi connectivity index (χ3n) is 4.05. The van der Waals surface area contributed by atoms with E-state index >= 15 is 0 Å². The van der Waals surface area contributed by atoms with Crippen LogP contribution in [0, 0.1) is 13.8 Å². The second-order valence-corrected chi connectivity index (χ2v) is 6.14. The van der Waals surface area contributed by atoms with E-state index in [0.29, 0.717) is 5.95 Å². The average molecular weight is 296 g/mol. The lowest BCUT2D eigenvalue weighted by atomic mass is 10.1. The molecule has 0 saturated carbocycles. The molecule has 0 amide bonds. The molecular weight excluding hydrogens is 272 g/mol. The maximum absolute atomic E-state index is 4.70. The first kappa shape index (κ1) is 14.8. The van der Waals surface area contributed by atoms with Crippen LogP contribution in [-0.2, 0) is 0 Å². The topological polar surface area (TPSA) is 41.1 Å². The lowest BCUT2D eigenvalue weighted by Gasteiger charge is -2.21. The van der Waals surface area contributed by atoms with Gasteiger partial charge >= 0.3 is 0 Å². The highest BCUT2D eigenvalue weighted by molar-refractivity contribution is 5.57. The molecule has 4 heteroatoms. The first-order valence-corrected chi connectivity index (χ1v) is 8.14. The third kappa shape index (κ3) is 3.75. The summed E-state index contributed by atoms with van der Waals surface area (Å²) in [6, 6.07) is 8.42. The molecule has 1 aliphatic heterocycles. The van der Waals surface area contributed by atoms with E-state index in [1.54, 1.807) is 0 Å². The molecule has 3 rings (SSSR count). The van der Waals surface area contributed by atoms with Crippen molar-refractivity contribution in [3.8, 4) is 0 Å². The molecule has 1 aliphatic rings. The fourth-order valence-electron chi connectivity index (χ4n) is 3.06. The number of aryl methyl sites for hydroxylation is 2. The highest BCUT2D eigenvalue weighted by Crippen LogP contribution is 2.21. The molecule has 22 heavy (non-hydrogen) atoms. The number of anilines is 3. The van der Waals surface area contributed by atoms with Crippen molar-refractivity contribution < 1.29 is 0 Å². The van der Waals surface area contributed by atoms with E-state index in [4.69, 9.17) is 4.98 Å². The third-order valence-corrected chi connectivity index (χ3v) is 4.05. The number of rotatable bonds is 3. The van der Waals surface area contributed by atoms with Crippen LogP contribution in [0.5, 0.6) is 0 Å². The minimum atomic E-state index is 0.673. The van der Waals surface area contributed by atoms with Crippen LogP contribution in [-0.4, -0.2) is 23.1 Å². The van der Waals surface area contributed by atoms with Gasteiger partial charge in [0.1, 0.15) is 5.82 Å². The smallest absolute Gasteiger partial charge is 0.229 e. The number of nitrogens with zero attached hydrogens (tertiary/aromatic N) is 3. The quantitative estimate of drug-likeness (QED) is 0.921. The highest BCUT2D eigenvalue weighted by Gasteiger charge is 2.12. The van der Waals surface area contributed by atoms with Crippen LogP contribution in [0.25, 0.3) is 0 Å². The number of aromatic nitrogens is 2. The molecule has 0 atom stereocenters. The van der Waals surface area contributed by atoms with Crippen molar-refractivity contribution in [2.75, 3.05) is 23.3 Å². The van der Waals surface area contributed by atoms with Gasteiger partial charge in [0.2, 0.25) is 5.95 Å². The molecule has 116 valence electrons. The van der Waals surface area contributed by atoms with E-state index in [2.05, 4.69) is 47.2 Å². The van der Waals surface area contributed by atoms with E-state index in [1.807, 2.05) is 12.3 Å². The summed E-state index contributed by atoms with van der Waals surface area (Å²) in [5, 5.41) is 3.33. The van der Waals surface area contributed by atoms with E-state index in [0.717, 1.165) is 24.6 Å². The molecule has 0 aliphatic carbocycles. The maximum Gasteiger partial charge on any atom is 0.229 e. The number of benzene rings is 1. The molecule has 1 aromatic heterocycles. The number of nitrogens with one attached hydrogen (secondary N) is 1. The van der Waals surface area contributed by atoms with Crippen LogP contribution < -0.4 is 10.2 Å². The van der Waals surface area contributed by atoms with Crippen molar-refractivity contribution in [1.29, 1.82) is 0 Å². The summed E-state index contributed by atoms with van der Waals surface area (Å²) in [5.41, 5.74) is 3.53. The van der Waals surface area contributed by atoms with Gasteiger partial charge in [-0.2, -0.15) is 4.98 Å². The molecule has 0 unspecified atom stereocenters. The van der Waals surface area contributed by atoms with Crippen molar-refractivity contribution in [2.24, 2.45) is 0 Å². The Morgan fingerprint density at radius 3 is 2.32 bits per heavy atom. The SMILES string of the molecule is Cc1cc(C)cc(Nc2nccc(N3CCCCCC3)n2)c1. The average Bonchev–Trinajstić information content (AvgIpc) is 2.75. The Bertz CT molecular complexity index is 610. The Kier molecular flexibility index (Phi) is 4.56. The second kappa shape index (κ2) is 6.77. The van der Waals surface area contributed by atoms with Gasteiger partial charge in [-0.25, -0.2) is 4.98 Å². The summed E-state index contributed by atoms with van der Waals surface area (Å²) in [7, 11) is 0. The molecule has 1 aromatic carbocycles. The van der Waals surface area contributed by atoms with Crippen molar-refractivity contribution in [2.45, 2.75) is 39.5 Å². The van der Waals surface area contributed by atoms with Gasteiger partial charge in [-0.1, -0.05) is 18.9 Å². The number of hydrogen-bond acceptors (Lipinski definition) is 4. The van der Waals surface area contributed by atoms with Gasteiger partial charge in [-0.05, 0) is 56.0 Å². The molecular formula is C18H24N4. The summed E-state index contributed by atoms with van der Waals surface area (Å²) in [6.45, 7) is 6.40. The standard InChI is InChI=1S/C18H24N4/c1-14-11-15(2)13-16(12-14)20-18-19-8-7-17(21-18)22-9-5-3-4-6-10-22/h7-8,11-13H,3-6,9-10H2,1-2H3,(H,19,20,21). The fraction of sp³-hybridized carbons (Fsp3) is 0.444. The molecule has 0 radical (unpaired) electrons. The molecule has 0 spiro atoms. The summed E-state index contributed by atoms with van der Waals surface area (Å²) in [5.74, 6) is 1.70. The zero-order valence-electron chi connectivity index (χ0n) is 13.5. The minimum Gasteiger partial charge on any atom is -0.356 e. The van der Waals surface area contributed by atoms with Crippen LogP contribution in [0.1, 0.15) is 36.8 Å². The van der Waals surface area contributed by atoms with Gasteiger partial charge in [0, 0.05) is 25.0 Å². The molecule has 2 heterocycles. The zero-order valence-corrected chi connectivity index (χ0v) is 13.5. The first-order chi connectivity index (χ1) is 10.7. The van der Waals surface area contributed by atoms with Crippen molar-refractivity contribution in [3.05, 3.63) is 41.6 Å². The van der Waals surface area contributed by atoms with Crippen LogP contribution in [0.4, 0.5) is 17.5 Å². The van der Waals surface area contributed by atoms with Crippen LogP contribution >= 0.6 is 0 Å². The monoisotopic (exact) mass is 296 g/mol. The predicted octanol–water partition coefficient (Wildman–Crippen LogP) is 4.22. The maximum atomic E-state index is 4.70. The molecule has 2 aromatic rings. The van der Waals surface area contributed by atoms with Crippen LogP contribution in [0.2, 0.25) is 0 Å². The highest BCUT2D eigenvalue weighted by atomic mass is 15.2. The predicted molar refractivity (Wildman–Crippen MR) is 91.9 cm³/mol. The number of hydrogen-bond donors (Lipinski definition) is 1. The Morgan fingerprint density at radius 1 is 0.955 bits per heavy atom. The minimum absolute atomic E-state index is 0.673. The normalized spacial score (nSPS) is 15.5. The summed E-state index contributed by atoms with van der Waals surface area (Å²) >= 11 is 0. The summed E-state index contributed by atoms with van der Waals surface area (Å²) in [4.78, 5) is 11.4. The molecule has 0 bridgehead atoms. The van der Waals surface area contributed by atoms with Gasteiger partial charge in [0.15, 0.2) is 0 Å². The van der Waals surface area contributed by atoms with Crippen molar-refractivity contribution >= 4 is 17.5 Å². The van der Waals surface area contributed by atoms with Crippen molar-refractivity contribution in [1.82, 2.24) is 9.97 Å². The zero-order chi connectivity index (χ0) is 15.4. The first-order valence-electron chi connectivity index (χ1n) is 8.14. The lowest BCUT2D eigenvalue weighted by Crippen LogP contribution is -2.25. The fourth-order valence-corrected chi connectivity index (χ4v) is 3.06.